The highest BCUT2D eigenvalue weighted by atomic mass is 16.3. The standard InChI is InChI=1S/C9H6N4O3/c14-8-5-7(12-9(15)13-8)11-6(10-5)4-1-2-16-3-4/h1-3H,(H3,10,11,12,13,14,15). The molecule has 0 aliphatic carbocycles. The summed E-state index contributed by atoms with van der Waals surface area (Å²) < 4.78 is 4.90. The van der Waals surface area contributed by atoms with E-state index in [2.05, 4.69) is 19.9 Å². The van der Waals surface area contributed by atoms with Crippen LogP contribution in [0.4, 0.5) is 0 Å². The quantitative estimate of drug-likeness (QED) is 0.542. The molecule has 0 radical (unpaired) electrons. The van der Waals surface area contributed by atoms with Crippen LogP contribution in [-0.4, -0.2) is 19.9 Å². The van der Waals surface area contributed by atoms with Crippen molar-refractivity contribution in [3.63, 3.8) is 0 Å². The van der Waals surface area contributed by atoms with Crippen molar-refractivity contribution in [2.45, 2.75) is 0 Å². The molecule has 3 aromatic rings. The van der Waals surface area contributed by atoms with Gasteiger partial charge in [0, 0.05) is 0 Å². The molecule has 0 aromatic carbocycles. The molecule has 3 rings (SSSR count). The Bertz CT molecular complexity index is 747. The maximum atomic E-state index is 11.4. The predicted molar refractivity (Wildman–Crippen MR) is 55.0 cm³/mol. The molecule has 3 heterocycles. The summed E-state index contributed by atoms with van der Waals surface area (Å²) in [6.45, 7) is 0. The van der Waals surface area contributed by atoms with Gasteiger partial charge in [0.2, 0.25) is 0 Å². The van der Waals surface area contributed by atoms with Crippen molar-refractivity contribution in [1.29, 1.82) is 0 Å². The topological polar surface area (TPSA) is 108 Å². The van der Waals surface area contributed by atoms with Crippen molar-refractivity contribution in [3.05, 3.63) is 39.4 Å². The summed E-state index contributed by atoms with van der Waals surface area (Å²) in [6, 6.07) is 1.70. The van der Waals surface area contributed by atoms with Gasteiger partial charge in [-0.1, -0.05) is 0 Å². The summed E-state index contributed by atoms with van der Waals surface area (Å²) in [4.78, 5) is 33.9. The zero-order chi connectivity index (χ0) is 11.1. The Hall–Kier alpha value is -2.57. The lowest BCUT2D eigenvalue weighted by atomic mass is 10.3. The molecule has 0 spiro atoms. The second kappa shape index (κ2) is 2.96. The number of H-pyrrole nitrogens is 3. The minimum atomic E-state index is -0.581. The molecule has 0 amide bonds. The molecule has 80 valence electrons. The molecule has 7 nitrogen and oxygen atoms in total. The van der Waals surface area contributed by atoms with Gasteiger partial charge >= 0.3 is 5.69 Å². The number of imidazole rings is 1. The lowest BCUT2D eigenvalue weighted by Gasteiger charge is -1.84. The minimum Gasteiger partial charge on any atom is -0.472 e. The molecule has 3 aromatic heterocycles. The smallest absolute Gasteiger partial charge is 0.327 e. The zero-order valence-corrected chi connectivity index (χ0v) is 7.90. The van der Waals surface area contributed by atoms with E-state index in [1.165, 1.54) is 12.5 Å². The van der Waals surface area contributed by atoms with E-state index >= 15 is 0 Å². The first-order valence-electron chi connectivity index (χ1n) is 4.49. The van der Waals surface area contributed by atoms with Gasteiger partial charge in [0.25, 0.3) is 5.56 Å². The molecule has 0 saturated carbocycles. The van der Waals surface area contributed by atoms with Crippen molar-refractivity contribution in [3.8, 4) is 11.4 Å². The van der Waals surface area contributed by atoms with Crippen LogP contribution in [0.25, 0.3) is 22.6 Å². The molecular weight excluding hydrogens is 212 g/mol. The van der Waals surface area contributed by atoms with Crippen LogP contribution in [0.2, 0.25) is 0 Å². The summed E-state index contributed by atoms with van der Waals surface area (Å²) in [5, 5.41) is 0. The van der Waals surface area contributed by atoms with Crippen molar-refractivity contribution in [2.24, 2.45) is 0 Å². The Morgan fingerprint density at radius 2 is 2.06 bits per heavy atom. The first-order valence-corrected chi connectivity index (χ1v) is 4.49. The second-order valence-electron chi connectivity index (χ2n) is 3.23. The van der Waals surface area contributed by atoms with E-state index < -0.39 is 11.2 Å². The van der Waals surface area contributed by atoms with Crippen molar-refractivity contribution >= 4 is 11.2 Å². The molecule has 0 unspecified atom stereocenters. The van der Waals surface area contributed by atoms with Gasteiger partial charge in [0.05, 0.1) is 11.8 Å². The molecule has 0 atom stereocenters. The third-order valence-electron chi connectivity index (χ3n) is 2.18. The van der Waals surface area contributed by atoms with E-state index in [0.717, 1.165) is 0 Å². The molecule has 16 heavy (non-hydrogen) atoms. The van der Waals surface area contributed by atoms with Gasteiger partial charge in [-0.25, -0.2) is 9.78 Å². The van der Waals surface area contributed by atoms with Crippen LogP contribution in [0, 0.1) is 0 Å². The van der Waals surface area contributed by atoms with E-state index in [1.807, 2.05) is 0 Å². The number of hydrogen-bond acceptors (Lipinski definition) is 4. The number of hydrogen-bond donors (Lipinski definition) is 3. The maximum absolute atomic E-state index is 11.4. The van der Waals surface area contributed by atoms with Gasteiger partial charge in [0.15, 0.2) is 5.65 Å². The lowest BCUT2D eigenvalue weighted by molar-refractivity contribution is 0.568. The van der Waals surface area contributed by atoms with Crippen LogP contribution < -0.4 is 11.2 Å². The van der Waals surface area contributed by atoms with Gasteiger partial charge < -0.3 is 9.40 Å². The molecule has 0 fully saturated rings. The second-order valence-corrected chi connectivity index (χ2v) is 3.23. The fourth-order valence-corrected chi connectivity index (χ4v) is 1.47. The van der Waals surface area contributed by atoms with Crippen LogP contribution in [0.3, 0.4) is 0 Å². The van der Waals surface area contributed by atoms with Crippen LogP contribution in [0.5, 0.6) is 0 Å². The normalized spacial score (nSPS) is 11.0. The SMILES string of the molecule is O=c1[nH]c(=O)c2[nH]c(-c3ccoc3)nc2[nH]1. The summed E-state index contributed by atoms with van der Waals surface area (Å²) >= 11 is 0. The first-order chi connectivity index (χ1) is 7.74. The Kier molecular flexibility index (Phi) is 1.61. The molecule has 0 saturated heterocycles. The number of aromatic nitrogens is 4. The van der Waals surface area contributed by atoms with Gasteiger partial charge in [-0.3, -0.25) is 14.8 Å². The van der Waals surface area contributed by atoms with E-state index in [9.17, 15) is 9.59 Å². The number of furan rings is 1. The number of fused-ring (bicyclic) bond motifs is 1. The first kappa shape index (κ1) is 8.72. The molecule has 0 bridgehead atoms. The summed E-state index contributed by atoms with van der Waals surface area (Å²) in [5.74, 6) is 0.469. The highest BCUT2D eigenvalue weighted by Crippen LogP contribution is 2.16. The Balaban J connectivity index is 2.36. The number of nitrogens with zero attached hydrogens (tertiary/aromatic N) is 1. The fourth-order valence-electron chi connectivity index (χ4n) is 1.47. The third-order valence-corrected chi connectivity index (χ3v) is 2.18. The van der Waals surface area contributed by atoms with E-state index in [1.54, 1.807) is 6.07 Å². The van der Waals surface area contributed by atoms with Crippen LogP contribution >= 0.6 is 0 Å². The van der Waals surface area contributed by atoms with Crippen LogP contribution in [0.1, 0.15) is 0 Å². The van der Waals surface area contributed by atoms with E-state index in [-0.39, 0.29) is 11.2 Å². The molecular formula is C9H6N4O3. The monoisotopic (exact) mass is 218 g/mol. The van der Waals surface area contributed by atoms with Gasteiger partial charge in [0.1, 0.15) is 17.6 Å². The summed E-state index contributed by atoms with van der Waals surface area (Å²) in [7, 11) is 0. The molecule has 0 aliphatic heterocycles. The van der Waals surface area contributed by atoms with Crippen molar-refractivity contribution in [1.82, 2.24) is 19.9 Å². The predicted octanol–water partition coefficient (Wildman–Crippen LogP) is 0.200. The van der Waals surface area contributed by atoms with Crippen LogP contribution in [-0.2, 0) is 0 Å². The largest absolute Gasteiger partial charge is 0.472 e. The molecule has 3 N–H and O–H groups in total. The van der Waals surface area contributed by atoms with Gasteiger partial charge in [-0.2, -0.15) is 0 Å². The van der Waals surface area contributed by atoms with Gasteiger partial charge in [-0.15, -0.1) is 0 Å². The zero-order valence-electron chi connectivity index (χ0n) is 7.90. The summed E-state index contributed by atoms with van der Waals surface area (Å²) in [5.41, 5.74) is 0.0842. The van der Waals surface area contributed by atoms with Gasteiger partial charge in [-0.05, 0) is 6.07 Å². The Morgan fingerprint density at radius 3 is 2.81 bits per heavy atom. The highest BCUT2D eigenvalue weighted by Gasteiger charge is 2.09. The van der Waals surface area contributed by atoms with Crippen LogP contribution in [0.15, 0.2) is 32.6 Å². The average Bonchev–Trinajstić information content (AvgIpc) is 2.82. The maximum Gasteiger partial charge on any atom is 0.327 e. The highest BCUT2D eigenvalue weighted by molar-refractivity contribution is 5.74. The fraction of sp³-hybridized carbons (Fsp3) is 0. The lowest BCUT2D eigenvalue weighted by Crippen LogP contribution is -2.21. The average molecular weight is 218 g/mol. The van der Waals surface area contributed by atoms with Crippen molar-refractivity contribution < 1.29 is 4.42 Å². The Morgan fingerprint density at radius 1 is 1.19 bits per heavy atom. The molecule has 0 aliphatic rings. The number of aromatic amines is 3. The number of rotatable bonds is 1. The van der Waals surface area contributed by atoms with Crippen molar-refractivity contribution in [2.75, 3.05) is 0 Å². The van der Waals surface area contributed by atoms with E-state index in [0.29, 0.717) is 11.4 Å². The van der Waals surface area contributed by atoms with E-state index in [4.69, 9.17) is 4.42 Å². The summed E-state index contributed by atoms with van der Waals surface area (Å²) in [6.07, 6.45) is 2.99. The minimum absolute atomic E-state index is 0.227. The third kappa shape index (κ3) is 1.18. The molecule has 7 heteroatoms. The Labute approximate surface area is 87.2 Å². The number of nitrogens with one attached hydrogen (secondary N) is 3.